The third-order valence-electron chi connectivity index (χ3n) is 10.1. The lowest BCUT2D eigenvalue weighted by atomic mass is 9.70. The number of carbonyl (C=O) groups is 4. The highest BCUT2D eigenvalue weighted by Gasteiger charge is 2.77. The molecule has 0 aliphatic carbocycles. The third kappa shape index (κ3) is 6.85. The van der Waals surface area contributed by atoms with Crippen LogP contribution in [0.25, 0.3) is 0 Å². The van der Waals surface area contributed by atoms with Crippen molar-refractivity contribution in [2.45, 2.75) is 81.1 Å². The minimum Gasteiger partial charge on any atom is -0.463 e. The SMILES string of the molecule is C=CCCC(=O)OC[C@H](NC(=O)[C@@H]1[C@H]2O[C@@]3(CC2Br)[C@H](C(=O)N(CC=C)c2cc(C)ccc2C)N([C@@H](CC)CO)C(=O)[C@@H]13)c1ccccc1. The first kappa shape index (κ1) is 36.5. The van der Waals surface area contributed by atoms with Crippen molar-refractivity contribution in [3.8, 4) is 0 Å². The Kier molecular flexibility index (Phi) is 11.5. The van der Waals surface area contributed by atoms with Crippen LogP contribution in [0, 0.1) is 25.7 Å². The number of likely N-dealkylation sites (tertiary alicyclic amines) is 1. The van der Waals surface area contributed by atoms with E-state index in [1.165, 1.54) is 4.90 Å². The average Bonchev–Trinajstić information content (AvgIpc) is 3.69. The Morgan fingerprint density at radius 3 is 2.57 bits per heavy atom. The standard InChI is InChI=1S/C38H46BrN3O7/c1-6-9-15-30(44)48-22-28(25-13-11-10-12-14-25)40-35(45)31-32-36(46)42(26(8-3)21-43)34(38(32)20-27(39)33(31)49-38)37(47)41(18-7-2)29-19-23(4)16-17-24(29)5/h6-7,10-14,16-17,19,26-28,31-34,43H,1-2,8-9,15,18,20-22H2,3-5H3,(H,40,45)/t26-,27?,28-,31-,32+,33-,34-,38+/m0/s1. The number of nitrogens with one attached hydrogen (secondary N) is 1. The van der Waals surface area contributed by atoms with Gasteiger partial charge in [-0.2, -0.15) is 0 Å². The molecule has 2 aromatic rings. The first-order chi connectivity index (χ1) is 23.5. The number of carbonyl (C=O) groups excluding carboxylic acids is 4. The molecule has 0 radical (unpaired) electrons. The summed E-state index contributed by atoms with van der Waals surface area (Å²) in [4.78, 5) is 59.2. The molecular weight excluding hydrogens is 690 g/mol. The van der Waals surface area contributed by atoms with E-state index in [2.05, 4.69) is 34.4 Å². The molecule has 8 atom stereocenters. The van der Waals surface area contributed by atoms with Crippen LogP contribution >= 0.6 is 15.9 Å². The summed E-state index contributed by atoms with van der Waals surface area (Å²) < 4.78 is 12.3. The fourth-order valence-corrected chi connectivity index (χ4v) is 8.63. The van der Waals surface area contributed by atoms with Crippen molar-refractivity contribution in [1.82, 2.24) is 10.2 Å². The van der Waals surface area contributed by atoms with Gasteiger partial charge in [0.15, 0.2) is 0 Å². The predicted molar refractivity (Wildman–Crippen MR) is 190 cm³/mol. The Morgan fingerprint density at radius 1 is 1.18 bits per heavy atom. The lowest BCUT2D eigenvalue weighted by molar-refractivity contribution is -0.146. The molecule has 262 valence electrons. The zero-order valence-electron chi connectivity index (χ0n) is 28.3. The number of ether oxygens (including phenoxy) is 2. The molecule has 3 heterocycles. The Labute approximate surface area is 296 Å². The summed E-state index contributed by atoms with van der Waals surface area (Å²) in [5, 5.41) is 13.5. The van der Waals surface area contributed by atoms with Crippen LogP contribution in [0.2, 0.25) is 0 Å². The molecule has 2 aromatic carbocycles. The highest BCUT2D eigenvalue weighted by molar-refractivity contribution is 9.09. The van der Waals surface area contributed by atoms with Gasteiger partial charge in [-0.15, -0.1) is 13.2 Å². The van der Waals surface area contributed by atoms with E-state index in [9.17, 15) is 24.3 Å². The zero-order chi connectivity index (χ0) is 35.5. The quantitative estimate of drug-likeness (QED) is 0.154. The number of amides is 3. The second-order valence-electron chi connectivity index (χ2n) is 13.2. The van der Waals surface area contributed by atoms with Gasteiger partial charge in [0, 0.05) is 23.5 Å². The molecular formula is C38H46BrN3O7. The maximum absolute atomic E-state index is 14.9. The molecule has 49 heavy (non-hydrogen) atoms. The number of halogens is 1. The minimum atomic E-state index is -1.33. The van der Waals surface area contributed by atoms with Crippen molar-refractivity contribution in [2.24, 2.45) is 11.8 Å². The van der Waals surface area contributed by atoms with Gasteiger partial charge in [0.2, 0.25) is 11.8 Å². The number of allylic oxidation sites excluding steroid dienone is 1. The van der Waals surface area contributed by atoms with Crippen LogP contribution < -0.4 is 10.2 Å². The van der Waals surface area contributed by atoms with Crippen molar-refractivity contribution >= 4 is 45.3 Å². The summed E-state index contributed by atoms with van der Waals surface area (Å²) in [6.45, 7) is 13.0. The van der Waals surface area contributed by atoms with E-state index in [1.807, 2.05) is 69.3 Å². The number of esters is 1. The molecule has 3 saturated heterocycles. The van der Waals surface area contributed by atoms with E-state index < -0.39 is 59.5 Å². The number of hydrogen-bond acceptors (Lipinski definition) is 7. The van der Waals surface area contributed by atoms with Crippen LogP contribution in [-0.2, 0) is 28.7 Å². The monoisotopic (exact) mass is 735 g/mol. The Bertz CT molecular complexity index is 1580. The number of aryl methyl sites for hydroxylation is 2. The van der Waals surface area contributed by atoms with Crippen LogP contribution in [0.1, 0.15) is 55.3 Å². The lowest BCUT2D eigenvalue weighted by Crippen LogP contribution is -2.59. The van der Waals surface area contributed by atoms with Crippen molar-refractivity contribution in [3.05, 3.63) is 90.5 Å². The number of alkyl halides is 1. The molecule has 11 heteroatoms. The fourth-order valence-electron chi connectivity index (χ4n) is 7.69. The Balaban J connectivity index is 1.52. The first-order valence-corrected chi connectivity index (χ1v) is 17.8. The summed E-state index contributed by atoms with van der Waals surface area (Å²) in [5.41, 5.74) is 1.95. The molecule has 3 amide bonds. The zero-order valence-corrected chi connectivity index (χ0v) is 29.9. The number of hydrogen-bond donors (Lipinski definition) is 2. The normalized spacial score (nSPS) is 26.5. The molecule has 1 unspecified atom stereocenters. The molecule has 3 aliphatic heterocycles. The highest BCUT2D eigenvalue weighted by Crippen LogP contribution is 2.60. The smallest absolute Gasteiger partial charge is 0.306 e. The van der Waals surface area contributed by atoms with Crippen molar-refractivity contribution < 1.29 is 33.8 Å². The van der Waals surface area contributed by atoms with E-state index in [4.69, 9.17) is 9.47 Å². The molecule has 3 aliphatic rings. The summed E-state index contributed by atoms with van der Waals surface area (Å²) >= 11 is 3.74. The van der Waals surface area contributed by atoms with Crippen molar-refractivity contribution in [1.29, 1.82) is 0 Å². The van der Waals surface area contributed by atoms with Crippen LogP contribution in [0.15, 0.2) is 73.8 Å². The Morgan fingerprint density at radius 2 is 1.92 bits per heavy atom. The third-order valence-corrected chi connectivity index (χ3v) is 10.9. The molecule has 3 fully saturated rings. The van der Waals surface area contributed by atoms with E-state index in [0.717, 1.165) is 16.7 Å². The van der Waals surface area contributed by atoms with Gasteiger partial charge in [0.05, 0.1) is 36.6 Å². The van der Waals surface area contributed by atoms with E-state index in [0.29, 0.717) is 24.9 Å². The predicted octanol–water partition coefficient (Wildman–Crippen LogP) is 4.71. The first-order valence-electron chi connectivity index (χ1n) is 16.9. The van der Waals surface area contributed by atoms with E-state index in [1.54, 1.807) is 17.1 Å². The molecule has 5 rings (SSSR count). The molecule has 0 saturated carbocycles. The second-order valence-corrected chi connectivity index (χ2v) is 14.3. The van der Waals surface area contributed by atoms with Gasteiger partial charge in [-0.05, 0) is 55.9 Å². The number of nitrogens with zero attached hydrogens (tertiary/aromatic N) is 2. The number of rotatable bonds is 15. The van der Waals surface area contributed by atoms with Gasteiger partial charge < -0.3 is 29.7 Å². The molecule has 2 N–H and O–H groups in total. The van der Waals surface area contributed by atoms with E-state index >= 15 is 0 Å². The van der Waals surface area contributed by atoms with Crippen LogP contribution in [-0.4, -0.2) is 82.1 Å². The summed E-state index contributed by atoms with van der Waals surface area (Å²) in [7, 11) is 0. The Hall–Kier alpha value is -3.80. The molecule has 10 nitrogen and oxygen atoms in total. The fraction of sp³-hybridized carbons (Fsp3) is 0.474. The minimum absolute atomic E-state index is 0.104. The number of aliphatic hydroxyl groups excluding tert-OH is 1. The average molecular weight is 737 g/mol. The van der Waals surface area contributed by atoms with Crippen LogP contribution in [0.3, 0.4) is 0 Å². The lowest BCUT2D eigenvalue weighted by Gasteiger charge is -2.39. The second kappa shape index (κ2) is 15.4. The topological polar surface area (TPSA) is 125 Å². The molecule has 1 spiro atoms. The number of benzene rings is 2. The van der Waals surface area contributed by atoms with Crippen molar-refractivity contribution in [3.63, 3.8) is 0 Å². The van der Waals surface area contributed by atoms with Gasteiger partial charge >= 0.3 is 5.97 Å². The summed E-state index contributed by atoms with van der Waals surface area (Å²) in [5.74, 6) is -3.52. The number of anilines is 1. The molecule has 2 bridgehead atoms. The maximum atomic E-state index is 14.9. The van der Waals surface area contributed by atoms with Gasteiger partial charge in [0.1, 0.15) is 18.2 Å². The van der Waals surface area contributed by atoms with Crippen LogP contribution in [0.4, 0.5) is 5.69 Å². The summed E-state index contributed by atoms with van der Waals surface area (Å²) in [6.07, 6.45) is 3.94. The van der Waals surface area contributed by atoms with Crippen LogP contribution in [0.5, 0.6) is 0 Å². The van der Waals surface area contributed by atoms with Gasteiger partial charge in [-0.3, -0.25) is 19.2 Å². The van der Waals surface area contributed by atoms with Gasteiger partial charge in [0.25, 0.3) is 5.91 Å². The number of fused-ring (bicyclic) bond motifs is 1. The molecule has 0 aromatic heterocycles. The van der Waals surface area contributed by atoms with Gasteiger partial charge in [-0.1, -0.05) is 77.5 Å². The number of aliphatic hydroxyl groups is 1. The van der Waals surface area contributed by atoms with Crippen molar-refractivity contribution in [2.75, 3.05) is 24.7 Å². The van der Waals surface area contributed by atoms with E-state index in [-0.39, 0.29) is 36.9 Å². The van der Waals surface area contributed by atoms with Gasteiger partial charge in [-0.25, -0.2) is 0 Å². The maximum Gasteiger partial charge on any atom is 0.306 e. The largest absolute Gasteiger partial charge is 0.463 e. The highest BCUT2D eigenvalue weighted by atomic mass is 79.9. The summed E-state index contributed by atoms with van der Waals surface area (Å²) in [6, 6.07) is 12.6.